The van der Waals surface area contributed by atoms with Crippen LogP contribution in [0.15, 0.2) is 71.8 Å². The SMILES string of the molecule is Cc1c(N)cccc1-c1cccc(-c2ccn3c(=O)c(CN(CCO)C(=O)O)cnc3c2)c1. The van der Waals surface area contributed by atoms with Gasteiger partial charge in [-0.25, -0.2) is 9.78 Å². The number of carbonyl (C=O) groups is 1. The molecule has 0 saturated heterocycles. The molecule has 168 valence electrons. The van der Waals surface area contributed by atoms with E-state index < -0.39 is 6.09 Å². The Morgan fingerprint density at radius 1 is 1.09 bits per heavy atom. The summed E-state index contributed by atoms with van der Waals surface area (Å²) in [6, 6.07) is 17.5. The van der Waals surface area contributed by atoms with Crippen LogP contribution in [-0.2, 0) is 6.54 Å². The predicted octanol–water partition coefficient (Wildman–Crippen LogP) is 3.39. The summed E-state index contributed by atoms with van der Waals surface area (Å²) in [5.41, 5.74) is 12.1. The zero-order valence-corrected chi connectivity index (χ0v) is 18.1. The number of amides is 1. The fourth-order valence-electron chi connectivity index (χ4n) is 3.80. The van der Waals surface area contributed by atoms with Crippen molar-refractivity contribution in [3.63, 3.8) is 0 Å². The van der Waals surface area contributed by atoms with Gasteiger partial charge < -0.3 is 20.8 Å². The average molecular weight is 444 g/mol. The molecule has 8 heteroatoms. The van der Waals surface area contributed by atoms with Crippen molar-refractivity contribution in [3.05, 3.63) is 88.5 Å². The van der Waals surface area contributed by atoms with E-state index in [-0.39, 0.29) is 30.8 Å². The first kappa shape index (κ1) is 22.0. The number of hydrogen-bond acceptors (Lipinski definition) is 5. The van der Waals surface area contributed by atoms with E-state index in [1.54, 1.807) is 6.20 Å². The van der Waals surface area contributed by atoms with Gasteiger partial charge in [0.2, 0.25) is 0 Å². The second-order valence-electron chi connectivity index (χ2n) is 7.76. The molecule has 0 fully saturated rings. The third kappa shape index (κ3) is 4.42. The van der Waals surface area contributed by atoms with E-state index in [9.17, 15) is 14.7 Å². The number of pyridine rings is 1. The van der Waals surface area contributed by atoms with Crippen molar-refractivity contribution in [3.8, 4) is 22.3 Å². The smallest absolute Gasteiger partial charge is 0.407 e. The average Bonchev–Trinajstić information content (AvgIpc) is 2.82. The first-order valence-corrected chi connectivity index (χ1v) is 10.4. The molecule has 0 unspecified atom stereocenters. The third-order valence-corrected chi connectivity index (χ3v) is 5.66. The Labute approximate surface area is 190 Å². The molecule has 33 heavy (non-hydrogen) atoms. The first-order valence-electron chi connectivity index (χ1n) is 10.4. The minimum Gasteiger partial charge on any atom is -0.465 e. The van der Waals surface area contributed by atoms with Crippen molar-refractivity contribution in [1.82, 2.24) is 14.3 Å². The molecule has 0 spiro atoms. The molecular formula is C25H24N4O4. The number of aliphatic hydroxyl groups excluding tert-OH is 1. The lowest BCUT2D eigenvalue weighted by Gasteiger charge is -2.17. The Morgan fingerprint density at radius 2 is 1.82 bits per heavy atom. The minimum atomic E-state index is -1.21. The number of nitrogens with zero attached hydrogens (tertiary/aromatic N) is 3. The van der Waals surface area contributed by atoms with Gasteiger partial charge in [0.05, 0.1) is 18.7 Å². The van der Waals surface area contributed by atoms with E-state index >= 15 is 0 Å². The maximum atomic E-state index is 12.9. The highest BCUT2D eigenvalue weighted by atomic mass is 16.4. The van der Waals surface area contributed by atoms with Crippen molar-refractivity contribution in [1.29, 1.82) is 0 Å². The summed E-state index contributed by atoms with van der Waals surface area (Å²) in [4.78, 5) is 29.5. The zero-order chi connectivity index (χ0) is 23.5. The molecule has 0 aliphatic carbocycles. The molecule has 0 aliphatic heterocycles. The standard InChI is InChI=1S/C25H24N4O4/c1-16-21(6-3-7-22(16)26)19-5-2-4-17(12-19)18-8-9-29-23(13-18)27-14-20(24(29)31)15-28(10-11-30)25(32)33/h2-9,12-14,30H,10-11,15,26H2,1H3,(H,32,33). The van der Waals surface area contributed by atoms with Crippen LogP contribution in [0.3, 0.4) is 0 Å². The van der Waals surface area contributed by atoms with Gasteiger partial charge in [0.1, 0.15) is 5.65 Å². The Hall–Kier alpha value is -4.17. The molecule has 0 bridgehead atoms. The highest BCUT2D eigenvalue weighted by Gasteiger charge is 2.15. The monoisotopic (exact) mass is 444 g/mol. The summed E-state index contributed by atoms with van der Waals surface area (Å²) in [7, 11) is 0. The Morgan fingerprint density at radius 3 is 2.58 bits per heavy atom. The number of hydrogen-bond donors (Lipinski definition) is 3. The van der Waals surface area contributed by atoms with Crippen LogP contribution in [0.5, 0.6) is 0 Å². The van der Waals surface area contributed by atoms with Crippen LogP contribution >= 0.6 is 0 Å². The second-order valence-corrected chi connectivity index (χ2v) is 7.76. The highest BCUT2D eigenvalue weighted by Crippen LogP contribution is 2.30. The van der Waals surface area contributed by atoms with E-state index in [2.05, 4.69) is 11.1 Å². The van der Waals surface area contributed by atoms with Crippen molar-refractivity contribution in [2.75, 3.05) is 18.9 Å². The van der Waals surface area contributed by atoms with Crippen LogP contribution in [0.4, 0.5) is 10.5 Å². The minimum absolute atomic E-state index is 0.0840. The van der Waals surface area contributed by atoms with E-state index in [0.717, 1.165) is 38.4 Å². The Bertz CT molecular complexity index is 1400. The number of rotatable bonds is 6. The van der Waals surface area contributed by atoms with Gasteiger partial charge in [0.25, 0.3) is 5.56 Å². The molecule has 4 N–H and O–H groups in total. The van der Waals surface area contributed by atoms with Crippen LogP contribution in [0.1, 0.15) is 11.1 Å². The van der Waals surface area contributed by atoms with Gasteiger partial charge in [-0.3, -0.25) is 9.20 Å². The molecule has 2 heterocycles. The number of nitrogen functional groups attached to an aromatic ring is 1. The van der Waals surface area contributed by atoms with Gasteiger partial charge in [0.15, 0.2) is 0 Å². The van der Waals surface area contributed by atoms with Crippen molar-refractivity contribution < 1.29 is 15.0 Å². The number of carboxylic acid groups (broad SMARTS) is 1. The van der Waals surface area contributed by atoms with E-state index in [1.807, 2.05) is 55.5 Å². The lowest BCUT2D eigenvalue weighted by atomic mass is 9.96. The quantitative estimate of drug-likeness (QED) is 0.392. The molecule has 4 rings (SSSR count). The summed E-state index contributed by atoms with van der Waals surface area (Å²) >= 11 is 0. The summed E-state index contributed by atoms with van der Waals surface area (Å²) in [6.45, 7) is 1.44. The molecular weight excluding hydrogens is 420 g/mol. The number of nitrogens with two attached hydrogens (primary N) is 1. The predicted molar refractivity (Wildman–Crippen MR) is 127 cm³/mol. The van der Waals surface area contributed by atoms with Crippen LogP contribution in [0.2, 0.25) is 0 Å². The zero-order valence-electron chi connectivity index (χ0n) is 18.1. The van der Waals surface area contributed by atoms with Gasteiger partial charge in [-0.2, -0.15) is 0 Å². The molecule has 2 aromatic heterocycles. The lowest BCUT2D eigenvalue weighted by Crippen LogP contribution is -2.34. The van der Waals surface area contributed by atoms with Gasteiger partial charge >= 0.3 is 6.09 Å². The molecule has 8 nitrogen and oxygen atoms in total. The topological polar surface area (TPSA) is 121 Å². The molecule has 0 radical (unpaired) electrons. The van der Waals surface area contributed by atoms with Crippen LogP contribution in [-0.4, -0.2) is 43.7 Å². The number of benzene rings is 2. The molecule has 2 aromatic carbocycles. The van der Waals surface area contributed by atoms with Gasteiger partial charge in [0, 0.05) is 24.6 Å². The van der Waals surface area contributed by atoms with Gasteiger partial charge in [-0.05, 0) is 59.0 Å². The maximum absolute atomic E-state index is 12.9. The molecule has 0 saturated carbocycles. The second kappa shape index (κ2) is 9.13. The Kier molecular flexibility index (Phi) is 6.10. The summed E-state index contributed by atoms with van der Waals surface area (Å²) in [5.74, 6) is 0. The third-order valence-electron chi connectivity index (χ3n) is 5.66. The van der Waals surface area contributed by atoms with E-state index in [0.29, 0.717) is 5.65 Å². The van der Waals surface area contributed by atoms with E-state index in [4.69, 9.17) is 10.8 Å². The van der Waals surface area contributed by atoms with Crippen LogP contribution in [0.25, 0.3) is 27.9 Å². The summed E-state index contributed by atoms with van der Waals surface area (Å²) in [6.07, 6.45) is 1.82. The van der Waals surface area contributed by atoms with Crippen LogP contribution < -0.4 is 11.3 Å². The van der Waals surface area contributed by atoms with Gasteiger partial charge in [-0.15, -0.1) is 0 Å². The van der Waals surface area contributed by atoms with Gasteiger partial charge in [-0.1, -0.05) is 30.3 Å². The fourth-order valence-corrected chi connectivity index (χ4v) is 3.80. The fraction of sp³-hybridized carbons (Fsp3) is 0.160. The largest absolute Gasteiger partial charge is 0.465 e. The molecule has 0 aliphatic rings. The van der Waals surface area contributed by atoms with Crippen molar-refractivity contribution in [2.24, 2.45) is 0 Å². The normalized spacial score (nSPS) is 11.0. The molecule has 0 atom stereocenters. The van der Waals surface area contributed by atoms with Crippen molar-refractivity contribution >= 4 is 17.4 Å². The number of anilines is 1. The number of aliphatic hydroxyl groups is 1. The molecule has 4 aromatic rings. The van der Waals surface area contributed by atoms with Crippen molar-refractivity contribution in [2.45, 2.75) is 13.5 Å². The summed E-state index contributed by atoms with van der Waals surface area (Å²) in [5, 5.41) is 18.3. The number of aromatic nitrogens is 2. The first-order chi connectivity index (χ1) is 15.9. The summed E-state index contributed by atoms with van der Waals surface area (Å²) < 4.78 is 1.39. The van der Waals surface area contributed by atoms with Crippen LogP contribution in [0, 0.1) is 6.92 Å². The highest BCUT2D eigenvalue weighted by molar-refractivity contribution is 5.78. The Balaban J connectivity index is 1.70. The lowest BCUT2D eigenvalue weighted by molar-refractivity contribution is 0.128. The molecule has 1 amide bonds. The number of fused-ring (bicyclic) bond motifs is 1. The van der Waals surface area contributed by atoms with E-state index in [1.165, 1.54) is 10.6 Å². The maximum Gasteiger partial charge on any atom is 0.407 e.